The average molecular weight is 292 g/mol. The molecule has 1 saturated heterocycles. The maximum atomic E-state index is 6.07. The van der Waals surface area contributed by atoms with Crippen molar-refractivity contribution in [2.24, 2.45) is 5.73 Å². The Morgan fingerprint density at radius 2 is 1.95 bits per heavy atom. The van der Waals surface area contributed by atoms with Gasteiger partial charge in [-0.2, -0.15) is 0 Å². The highest BCUT2D eigenvalue weighted by molar-refractivity contribution is 5.55. The standard InChI is InChI=1S/C16H24N2O3/c1-19-14-8-12(9-15-16(14)21-11-20-15)13(10-17)18-6-4-2-3-5-7-18/h8-9,13H,2-7,10-11,17H2,1H3. The number of nitrogens with two attached hydrogens (primary N) is 1. The molecule has 1 aromatic carbocycles. The van der Waals surface area contributed by atoms with Crippen molar-refractivity contribution in [2.45, 2.75) is 31.7 Å². The molecular formula is C16H24N2O3. The van der Waals surface area contributed by atoms with E-state index in [2.05, 4.69) is 4.90 Å². The van der Waals surface area contributed by atoms with Crippen molar-refractivity contribution >= 4 is 0 Å². The summed E-state index contributed by atoms with van der Waals surface area (Å²) in [5.74, 6) is 2.19. The van der Waals surface area contributed by atoms with Crippen LogP contribution in [0.3, 0.4) is 0 Å². The van der Waals surface area contributed by atoms with Crippen LogP contribution < -0.4 is 19.9 Å². The van der Waals surface area contributed by atoms with Gasteiger partial charge in [-0.3, -0.25) is 4.90 Å². The normalized spacial score (nSPS) is 20.1. The lowest BCUT2D eigenvalue weighted by Gasteiger charge is -2.30. The monoisotopic (exact) mass is 292 g/mol. The first-order valence-corrected chi connectivity index (χ1v) is 7.75. The molecule has 0 bridgehead atoms. The van der Waals surface area contributed by atoms with E-state index in [1.54, 1.807) is 7.11 Å². The molecule has 2 N–H and O–H groups in total. The highest BCUT2D eigenvalue weighted by Crippen LogP contribution is 2.43. The number of hydrogen-bond acceptors (Lipinski definition) is 5. The fraction of sp³-hybridized carbons (Fsp3) is 0.625. The van der Waals surface area contributed by atoms with E-state index in [0.717, 1.165) is 30.2 Å². The molecule has 0 radical (unpaired) electrons. The third-order valence-electron chi connectivity index (χ3n) is 4.37. The van der Waals surface area contributed by atoms with E-state index < -0.39 is 0 Å². The molecule has 0 aromatic heterocycles. The molecule has 0 aliphatic carbocycles. The molecule has 2 heterocycles. The molecule has 2 aliphatic rings. The lowest BCUT2D eigenvalue weighted by molar-refractivity contribution is 0.171. The van der Waals surface area contributed by atoms with E-state index in [-0.39, 0.29) is 12.8 Å². The SMILES string of the molecule is COc1cc(C(CN)N2CCCCCC2)cc2c1OCO2. The van der Waals surface area contributed by atoms with Crippen molar-refractivity contribution in [3.05, 3.63) is 17.7 Å². The highest BCUT2D eigenvalue weighted by Gasteiger charge is 2.26. The van der Waals surface area contributed by atoms with Crippen LogP contribution in [0.4, 0.5) is 0 Å². The number of hydrogen-bond donors (Lipinski definition) is 1. The van der Waals surface area contributed by atoms with Crippen LogP contribution in [-0.4, -0.2) is 38.4 Å². The number of ether oxygens (including phenoxy) is 3. The number of methoxy groups -OCH3 is 1. The molecular weight excluding hydrogens is 268 g/mol. The van der Waals surface area contributed by atoms with Gasteiger partial charge in [0.15, 0.2) is 11.5 Å². The van der Waals surface area contributed by atoms with Crippen LogP contribution in [0.1, 0.15) is 37.3 Å². The van der Waals surface area contributed by atoms with Gasteiger partial charge in [0.25, 0.3) is 0 Å². The molecule has 2 aliphatic heterocycles. The Morgan fingerprint density at radius 1 is 1.19 bits per heavy atom. The fourth-order valence-electron chi connectivity index (χ4n) is 3.25. The minimum atomic E-state index is 0.214. The van der Waals surface area contributed by atoms with Gasteiger partial charge >= 0.3 is 0 Å². The van der Waals surface area contributed by atoms with Gasteiger partial charge in [0, 0.05) is 12.6 Å². The molecule has 1 aromatic rings. The summed E-state index contributed by atoms with van der Waals surface area (Å²) in [6.07, 6.45) is 5.13. The minimum absolute atomic E-state index is 0.214. The fourth-order valence-corrected chi connectivity index (χ4v) is 3.25. The molecule has 3 rings (SSSR count). The van der Waals surface area contributed by atoms with Crippen molar-refractivity contribution in [3.63, 3.8) is 0 Å². The van der Waals surface area contributed by atoms with E-state index in [0.29, 0.717) is 12.3 Å². The second kappa shape index (κ2) is 6.54. The van der Waals surface area contributed by atoms with Gasteiger partial charge in [0.05, 0.1) is 7.11 Å². The molecule has 116 valence electrons. The molecule has 1 unspecified atom stereocenters. The van der Waals surface area contributed by atoms with Crippen molar-refractivity contribution in [1.29, 1.82) is 0 Å². The largest absolute Gasteiger partial charge is 0.493 e. The van der Waals surface area contributed by atoms with Gasteiger partial charge in [-0.05, 0) is 43.6 Å². The Bertz CT molecular complexity index is 485. The Balaban J connectivity index is 1.89. The number of rotatable bonds is 4. The Kier molecular flexibility index (Phi) is 4.51. The number of likely N-dealkylation sites (tertiary alicyclic amines) is 1. The second-order valence-electron chi connectivity index (χ2n) is 5.66. The van der Waals surface area contributed by atoms with Gasteiger partial charge < -0.3 is 19.9 Å². The van der Waals surface area contributed by atoms with Crippen LogP contribution in [0.25, 0.3) is 0 Å². The molecule has 1 atom stereocenters. The lowest BCUT2D eigenvalue weighted by atomic mass is 10.0. The van der Waals surface area contributed by atoms with E-state index in [4.69, 9.17) is 19.9 Å². The van der Waals surface area contributed by atoms with Crippen LogP contribution in [0.15, 0.2) is 12.1 Å². The second-order valence-corrected chi connectivity index (χ2v) is 5.66. The first-order chi connectivity index (χ1) is 10.3. The third kappa shape index (κ3) is 2.94. The molecule has 0 spiro atoms. The van der Waals surface area contributed by atoms with Crippen molar-refractivity contribution < 1.29 is 14.2 Å². The molecule has 1 fully saturated rings. The van der Waals surface area contributed by atoms with Gasteiger partial charge in [-0.25, -0.2) is 0 Å². The zero-order valence-electron chi connectivity index (χ0n) is 12.6. The first-order valence-electron chi connectivity index (χ1n) is 7.75. The summed E-state index contributed by atoms with van der Waals surface area (Å²) >= 11 is 0. The Hall–Kier alpha value is -1.46. The molecule has 0 saturated carbocycles. The smallest absolute Gasteiger partial charge is 0.231 e. The summed E-state index contributed by atoms with van der Waals surface area (Å²) in [5.41, 5.74) is 7.22. The van der Waals surface area contributed by atoms with Gasteiger partial charge in [-0.1, -0.05) is 12.8 Å². The van der Waals surface area contributed by atoms with E-state index >= 15 is 0 Å². The summed E-state index contributed by atoms with van der Waals surface area (Å²) in [7, 11) is 1.66. The zero-order chi connectivity index (χ0) is 14.7. The van der Waals surface area contributed by atoms with Crippen molar-refractivity contribution in [3.8, 4) is 17.2 Å². The van der Waals surface area contributed by atoms with Crippen LogP contribution >= 0.6 is 0 Å². The van der Waals surface area contributed by atoms with Crippen molar-refractivity contribution in [2.75, 3.05) is 33.5 Å². The minimum Gasteiger partial charge on any atom is -0.493 e. The van der Waals surface area contributed by atoms with Crippen LogP contribution in [-0.2, 0) is 0 Å². The van der Waals surface area contributed by atoms with E-state index in [1.165, 1.54) is 25.7 Å². The quantitative estimate of drug-likeness (QED) is 0.923. The van der Waals surface area contributed by atoms with Gasteiger partial charge in [0.2, 0.25) is 12.5 Å². The molecule has 5 heteroatoms. The number of fused-ring (bicyclic) bond motifs is 1. The predicted molar refractivity (Wildman–Crippen MR) is 81.0 cm³/mol. The average Bonchev–Trinajstić information content (AvgIpc) is 2.82. The van der Waals surface area contributed by atoms with E-state index in [1.807, 2.05) is 12.1 Å². The zero-order valence-corrected chi connectivity index (χ0v) is 12.6. The maximum absolute atomic E-state index is 6.07. The Morgan fingerprint density at radius 3 is 2.62 bits per heavy atom. The third-order valence-corrected chi connectivity index (χ3v) is 4.37. The summed E-state index contributed by atoms with van der Waals surface area (Å²) in [6, 6.07) is 4.30. The van der Waals surface area contributed by atoms with Gasteiger partial charge in [0.1, 0.15) is 0 Å². The number of nitrogens with zero attached hydrogens (tertiary/aromatic N) is 1. The van der Waals surface area contributed by atoms with E-state index in [9.17, 15) is 0 Å². The molecule has 21 heavy (non-hydrogen) atoms. The Labute approximate surface area is 126 Å². The first kappa shape index (κ1) is 14.5. The summed E-state index contributed by atoms with van der Waals surface area (Å²) in [5, 5.41) is 0. The number of benzene rings is 1. The lowest BCUT2D eigenvalue weighted by Crippen LogP contribution is -2.34. The maximum Gasteiger partial charge on any atom is 0.231 e. The van der Waals surface area contributed by atoms with Crippen LogP contribution in [0.5, 0.6) is 17.2 Å². The van der Waals surface area contributed by atoms with Gasteiger partial charge in [-0.15, -0.1) is 0 Å². The van der Waals surface area contributed by atoms with Crippen LogP contribution in [0, 0.1) is 0 Å². The molecule has 5 nitrogen and oxygen atoms in total. The summed E-state index contributed by atoms with van der Waals surface area (Å²) in [6.45, 7) is 3.08. The predicted octanol–water partition coefficient (Wildman–Crippen LogP) is 2.30. The summed E-state index contributed by atoms with van der Waals surface area (Å²) in [4.78, 5) is 2.49. The topological polar surface area (TPSA) is 57.0 Å². The summed E-state index contributed by atoms with van der Waals surface area (Å²) < 4.78 is 16.4. The van der Waals surface area contributed by atoms with Crippen LogP contribution in [0.2, 0.25) is 0 Å². The van der Waals surface area contributed by atoms with Crippen molar-refractivity contribution in [1.82, 2.24) is 4.90 Å². The highest BCUT2D eigenvalue weighted by atomic mass is 16.7. The molecule has 0 amide bonds.